The van der Waals surface area contributed by atoms with Crippen molar-refractivity contribution in [2.24, 2.45) is 0 Å². The summed E-state index contributed by atoms with van der Waals surface area (Å²) >= 11 is 0. The molecular formula is C18H28N2O4S. The lowest BCUT2D eigenvalue weighted by atomic mass is 9.94. The van der Waals surface area contributed by atoms with Crippen LogP contribution in [0.15, 0.2) is 24.3 Å². The van der Waals surface area contributed by atoms with Crippen LogP contribution in [0.4, 0.5) is 0 Å². The van der Waals surface area contributed by atoms with Crippen molar-refractivity contribution >= 4 is 15.9 Å². The van der Waals surface area contributed by atoms with Crippen LogP contribution in [-0.4, -0.2) is 56.2 Å². The SMILES string of the molecule is Cc1ccc(CC(C)(C)NC(=O)CCS(=O)(=O)N2CCOCC2)cc1. The number of sulfonamides is 1. The largest absolute Gasteiger partial charge is 0.379 e. The molecule has 0 aliphatic carbocycles. The van der Waals surface area contributed by atoms with E-state index in [0.717, 1.165) is 5.56 Å². The first kappa shape index (κ1) is 19.9. The Hall–Kier alpha value is -1.44. The maximum absolute atomic E-state index is 12.3. The number of aryl methyl sites for hydroxylation is 1. The molecule has 1 aliphatic heterocycles. The van der Waals surface area contributed by atoms with Crippen LogP contribution >= 0.6 is 0 Å². The van der Waals surface area contributed by atoms with Crippen molar-refractivity contribution in [2.75, 3.05) is 32.1 Å². The summed E-state index contributed by atoms with van der Waals surface area (Å²) in [5.41, 5.74) is 1.89. The number of nitrogens with one attached hydrogen (secondary N) is 1. The van der Waals surface area contributed by atoms with Crippen LogP contribution in [-0.2, 0) is 26.0 Å². The molecule has 0 unspecified atom stereocenters. The Morgan fingerprint density at radius 1 is 1.20 bits per heavy atom. The Bertz CT molecular complexity index is 678. The number of morpholine rings is 1. The molecule has 1 saturated heterocycles. The molecule has 0 spiro atoms. The third-order valence-corrected chi connectivity index (χ3v) is 6.07. The fourth-order valence-corrected chi connectivity index (χ4v) is 4.28. The number of rotatable bonds is 7. The number of carbonyl (C=O) groups excluding carboxylic acids is 1. The summed E-state index contributed by atoms with van der Waals surface area (Å²) in [6.07, 6.45) is 0.659. The van der Waals surface area contributed by atoms with Crippen molar-refractivity contribution in [3.05, 3.63) is 35.4 Å². The zero-order valence-corrected chi connectivity index (χ0v) is 16.1. The van der Waals surface area contributed by atoms with Gasteiger partial charge in [0.25, 0.3) is 0 Å². The van der Waals surface area contributed by atoms with E-state index in [1.165, 1.54) is 9.87 Å². The van der Waals surface area contributed by atoms with Crippen molar-refractivity contribution in [3.8, 4) is 0 Å². The highest BCUT2D eigenvalue weighted by molar-refractivity contribution is 7.89. The summed E-state index contributed by atoms with van der Waals surface area (Å²) in [4.78, 5) is 12.2. The molecular weight excluding hydrogens is 340 g/mol. The highest BCUT2D eigenvalue weighted by atomic mass is 32.2. The second-order valence-electron chi connectivity index (χ2n) is 7.17. The number of carbonyl (C=O) groups is 1. The number of amides is 1. The highest BCUT2D eigenvalue weighted by Gasteiger charge is 2.26. The van der Waals surface area contributed by atoms with Crippen molar-refractivity contribution < 1.29 is 17.9 Å². The van der Waals surface area contributed by atoms with Gasteiger partial charge in [0.05, 0.1) is 19.0 Å². The van der Waals surface area contributed by atoms with Gasteiger partial charge in [0.2, 0.25) is 15.9 Å². The molecule has 0 bridgehead atoms. The standard InChI is InChI=1S/C18H28N2O4S/c1-15-4-6-16(7-5-15)14-18(2,3)19-17(21)8-13-25(22,23)20-9-11-24-12-10-20/h4-7H,8-14H2,1-3H3,(H,19,21). The lowest BCUT2D eigenvalue weighted by Crippen LogP contribution is -2.46. The quantitative estimate of drug-likeness (QED) is 0.791. The van der Waals surface area contributed by atoms with Gasteiger partial charge >= 0.3 is 0 Å². The van der Waals surface area contributed by atoms with Gasteiger partial charge in [-0.25, -0.2) is 8.42 Å². The van der Waals surface area contributed by atoms with Gasteiger partial charge in [0.1, 0.15) is 0 Å². The summed E-state index contributed by atoms with van der Waals surface area (Å²) in [6, 6.07) is 8.18. The number of benzene rings is 1. The lowest BCUT2D eigenvalue weighted by molar-refractivity contribution is -0.122. The lowest BCUT2D eigenvalue weighted by Gasteiger charge is -2.28. The van der Waals surface area contributed by atoms with E-state index in [2.05, 4.69) is 5.32 Å². The second kappa shape index (κ2) is 8.29. The molecule has 1 aliphatic rings. The summed E-state index contributed by atoms with van der Waals surface area (Å²) in [6.45, 7) is 7.48. The van der Waals surface area contributed by atoms with Gasteiger partial charge in [-0.05, 0) is 32.8 Å². The third kappa shape index (κ3) is 6.41. The molecule has 1 amide bonds. The van der Waals surface area contributed by atoms with Crippen molar-refractivity contribution in [1.82, 2.24) is 9.62 Å². The van der Waals surface area contributed by atoms with Crippen molar-refractivity contribution in [2.45, 2.75) is 39.2 Å². The van der Waals surface area contributed by atoms with E-state index >= 15 is 0 Å². The number of hydrogen-bond acceptors (Lipinski definition) is 4. The predicted molar refractivity (Wildman–Crippen MR) is 97.9 cm³/mol. The normalized spacial score (nSPS) is 16.6. The van der Waals surface area contributed by atoms with Crippen LogP contribution < -0.4 is 5.32 Å². The van der Waals surface area contributed by atoms with Crippen molar-refractivity contribution in [3.63, 3.8) is 0 Å². The molecule has 2 rings (SSSR count). The molecule has 140 valence electrons. The minimum absolute atomic E-state index is 0.0307. The van der Waals surface area contributed by atoms with Crippen LogP contribution in [0.2, 0.25) is 0 Å². The van der Waals surface area contributed by atoms with E-state index < -0.39 is 15.6 Å². The third-order valence-electron chi connectivity index (χ3n) is 4.19. The van der Waals surface area contributed by atoms with Gasteiger partial charge in [-0.2, -0.15) is 4.31 Å². The van der Waals surface area contributed by atoms with Crippen molar-refractivity contribution in [1.29, 1.82) is 0 Å². The van der Waals surface area contributed by atoms with Gasteiger partial charge < -0.3 is 10.1 Å². The molecule has 6 nitrogen and oxygen atoms in total. The van der Waals surface area contributed by atoms with Gasteiger partial charge in [-0.1, -0.05) is 29.8 Å². The summed E-state index contributed by atoms with van der Waals surface area (Å²) in [7, 11) is -3.41. The minimum Gasteiger partial charge on any atom is -0.379 e. The van der Waals surface area contributed by atoms with E-state index in [1.807, 2.05) is 45.0 Å². The van der Waals surface area contributed by atoms with Crippen LogP contribution in [0.5, 0.6) is 0 Å². The molecule has 0 radical (unpaired) electrons. The van der Waals surface area contributed by atoms with E-state index in [1.54, 1.807) is 0 Å². The second-order valence-corrected chi connectivity index (χ2v) is 9.26. The molecule has 0 saturated carbocycles. The molecule has 1 N–H and O–H groups in total. The molecule has 1 fully saturated rings. The van der Waals surface area contributed by atoms with Crippen LogP contribution in [0.1, 0.15) is 31.4 Å². The highest BCUT2D eigenvalue weighted by Crippen LogP contribution is 2.14. The Morgan fingerprint density at radius 2 is 1.80 bits per heavy atom. The zero-order chi connectivity index (χ0) is 18.5. The Kier molecular flexibility index (Phi) is 6.59. The average Bonchev–Trinajstić information content (AvgIpc) is 2.55. The van der Waals surface area contributed by atoms with Gasteiger partial charge in [0.15, 0.2) is 0 Å². The van der Waals surface area contributed by atoms with E-state index in [9.17, 15) is 13.2 Å². The minimum atomic E-state index is -3.41. The summed E-state index contributed by atoms with van der Waals surface area (Å²) in [5, 5.41) is 2.95. The molecule has 0 aromatic heterocycles. The molecule has 7 heteroatoms. The number of ether oxygens (including phenoxy) is 1. The van der Waals surface area contributed by atoms with E-state index in [0.29, 0.717) is 32.7 Å². The van der Waals surface area contributed by atoms with Gasteiger partial charge in [0, 0.05) is 25.0 Å². The number of nitrogens with zero attached hydrogens (tertiary/aromatic N) is 1. The summed E-state index contributed by atoms with van der Waals surface area (Å²) < 4.78 is 31.1. The molecule has 1 aromatic rings. The smallest absolute Gasteiger partial charge is 0.221 e. The Labute approximate surface area is 150 Å². The topological polar surface area (TPSA) is 75.7 Å². The van der Waals surface area contributed by atoms with Gasteiger partial charge in [-0.15, -0.1) is 0 Å². The monoisotopic (exact) mass is 368 g/mol. The summed E-state index contributed by atoms with van der Waals surface area (Å²) in [5.74, 6) is -0.409. The maximum Gasteiger partial charge on any atom is 0.221 e. The predicted octanol–water partition coefficient (Wildman–Crippen LogP) is 1.48. The van der Waals surface area contributed by atoms with E-state index in [-0.39, 0.29) is 18.1 Å². The van der Waals surface area contributed by atoms with Crippen LogP contribution in [0.3, 0.4) is 0 Å². The first-order valence-corrected chi connectivity index (χ1v) is 10.2. The Balaban J connectivity index is 1.84. The fourth-order valence-electron chi connectivity index (χ4n) is 2.88. The fraction of sp³-hybridized carbons (Fsp3) is 0.611. The molecule has 1 aromatic carbocycles. The molecule has 25 heavy (non-hydrogen) atoms. The van der Waals surface area contributed by atoms with E-state index in [4.69, 9.17) is 4.74 Å². The zero-order valence-electron chi connectivity index (χ0n) is 15.2. The number of hydrogen-bond donors (Lipinski definition) is 1. The Morgan fingerprint density at radius 3 is 2.40 bits per heavy atom. The van der Waals surface area contributed by atoms with Crippen LogP contribution in [0.25, 0.3) is 0 Å². The first-order valence-electron chi connectivity index (χ1n) is 8.60. The maximum atomic E-state index is 12.3. The first-order chi connectivity index (χ1) is 11.7. The van der Waals surface area contributed by atoms with Gasteiger partial charge in [-0.3, -0.25) is 4.79 Å². The molecule has 0 atom stereocenters. The van der Waals surface area contributed by atoms with Crippen LogP contribution in [0, 0.1) is 6.92 Å². The average molecular weight is 368 g/mol. The molecule has 1 heterocycles.